The van der Waals surface area contributed by atoms with E-state index in [0.29, 0.717) is 5.02 Å². The number of rotatable bonds is 4. The summed E-state index contributed by atoms with van der Waals surface area (Å²) < 4.78 is 0. The fourth-order valence-electron chi connectivity index (χ4n) is 1.30. The monoisotopic (exact) mass is 256 g/mol. The van der Waals surface area contributed by atoms with Crippen LogP contribution in [0.5, 0.6) is 0 Å². The van der Waals surface area contributed by atoms with E-state index in [0.717, 1.165) is 0 Å². The molecule has 6 heteroatoms. The summed E-state index contributed by atoms with van der Waals surface area (Å²) in [5.41, 5.74) is 5.64. The van der Waals surface area contributed by atoms with Crippen molar-refractivity contribution in [3.05, 3.63) is 28.8 Å². The van der Waals surface area contributed by atoms with Crippen LogP contribution in [0.3, 0.4) is 0 Å². The number of aromatic carboxylic acids is 1. The van der Waals surface area contributed by atoms with E-state index in [2.05, 4.69) is 5.32 Å². The van der Waals surface area contributed by atoms with Crippen LogP contribution in [0.2, 0.25) is 5.02 Å². The number of benzene rings is 1. The van der Waals surface area contributed by atoms with E-state index in [1.165, 1.54) is 18.2 Å². The Hall–Kier alpha value is -1.59. The molecule has 0 aromatic heterocycles. The van der Waals surface area contributed by atoms with E-state index >= 15 is 0 Å². The molecule has 0 spiro atoms. The highest BCUT2D eigenvalue weighted by molar-refractivity contribution is 6.31. The Bertz CT molecular complexity index is 446. The lowest BCUT2D eigenvalue weighted by molar-refractivity contribution is -0.116. The van der Waals surface area contributed by atoms with Gasteiger partial charge in [0.2, 0.25) is 5.91 Å². The second-order valence-electron chi connectivity index (χ2n) is 3.72. The predicted octanol–water partition coefficient (Wildman–Crippen LogP) is 1.71. The number of amides is 1. The van der Waals surface area contributed by atoms with Gasteiger partial charge in [0.15, 0.2) is 0 Å². The molecular weight excluding hydrogens is 244 g/mol. The number of carboxylic acids is 1. The average Bonchev–Trinajstić information content (AvgIpc) is 2.15. The van der Waals surface area contributed by atoms with Crippen LogP contribution in [0, 0.1) is 0 Å². The van der Waals surface area contributed by atoms with Gasteiger partial charge in [-0.05, 0) is 25.1 Å². The first-order valence-electron chi connectivity index (χ1n) is 4.98. The summed E-state index contributed by atoms with van der Waals surface area (Å²) in [5, 5.41) is 11.8. The van der Waals surface area contributed by atoms with Crippen LogP contribution < -0.4 is 11.1 Å². The number of nitrogens with two attached hydrogens (primary N) is 1. The molecule has 0 heterocycles. The Morgan fingerprint density at radius 1 is 1.53 bits per heavy atom. The first kappa shape index (κ1) is 13.5. The van der Waals surface area contributed by atoms with Crippen LogP contribution in [0.4, 0.5) is 5.69 Å². The summed E-state index contributed by atoms with van der Waals surface area (Å²) in [6.07, 6.45) is 0.117. The SMILES string of the molecule is CC(N)CC(=O)Nc1cc(Cl)ccc1C(=O)O. The van der Waals surface area contributed by atoms with Gasteiger partial charge in [-0.2, -0.15) is 0 Å². The first-order valence-corrected chi connectivity index (χ1v) is 5.36. The summed E-state index contributed by atoms with van der Waals surface area (Å²) in [4.78, 5) is 22.4. The zero-order chi connectivity index (χ0) is 13.0. The normalized spacial score (nSPS) is 11.9. The number of halogens is 1. The highest BCUT2D eigenvalue weighted by atomic mass is 35.5. The van der Waals surface area contributed by atoms with Gasteiger partial charge in [-0.25, -0.2) is 4.79 Å². The van der Waals surface area contributed by atoms with E-state index < -0.39 is 5.97 Å². The highest BCUT2D eigenvalue weighted by Gasteiger charge is 2.13. The molecule has 92 valence electrons. The fraction of sp³-hybridized carbons (Fsp3) is 0.273. The number of carbonyl (C=O) groups excluding carboxylic acids is 1. The van der Waals surface area contributed by atoms with Gasteiger partial charge in [-0.3, -0.25) is 4.79 Å². The van der Waals surface area contributed by atoms with Crippen molar-refractivity contribution in [2.24, 2.45) is 5.73 Å². The zero-order valence-corrected chi connectivity index (χ0v) is 9.99. The number of carbonyl (C=O) groups is 2. The van der Waals surface area contributed by atoms with Gasteiger partial charge in [0, 0.05) is 17.5 Å². The maximum atomic E-state index is 11.5. The Labute approximate surface area is 104 Å². The summed E-state index contributed by atoms with van der Waals surface area (Å²) >= 11 is 5.74. The van der Waals surface area contributed by atoms with Gasteiger partial charge in [-0.1, -0.05) is 11.6 Å². The molecule has 17 heavy (non-hydrogen) atoms. The molecule has 1 rings (SSSR count). The minimum atomic E-state index is -1.13. The van der Waals surface area contributed by atoms with E-state index in [9.17, 15) is 9.59 Å². The van der Waals surface area contributed by atoms with Crippen LogP contribution in [0.15, 0.2) is 18.2 Å². The van der Waals surface area contributed by atoms with Gasteiger partial charge in [0.1, 0.15) is 0 Å². The van der Waals surface area contributed by atoms with Crippen molar-refractivity contribution in [1.29, 1.82) is 0 Å². The number of anilines is 1. The van der Waals surface area contributed by atoms with Gasteiger partial charge in [0.25, 0.3) is 0 Å². The topological polar surface area (TPSA) is 92.4 Å². The number of carboxylic acid groups (broad SMARTS) is 1. The third kappa shape index (κ3) is 4.05. The molecule has 0 radical (unpaired) electrons. The second-order valence-corrected chi connectivity index (χ2v) is 4.16. The summed E-state index contributed by atoms with van der Waals surface area (Å²) in [5.74, 6) is -1.47. The minimum absolute atomic E-state index is 0.00701. The Morgan fingerprint density at radius 2 is 2.18 bits per heavy atom. The smallest absolute Gasteiger partial charge is 0.337 e. The molecule has 0 saturated heterocycles. The molecule has 5 nitrogen and oxygen atoms in total. The molecule has 4 N–H and O–H groups in total. The lowest BCUT2D eigenvalue weighted by atomic mass is 10.1. The standard InChI is InChI=1S/C11H13ClN2O3/c1-6(13)4-10(15)14-9-5-7(12)2-3-8(9)11(16)17/h2-3,5-6H,4,13H2,1H3,(H,14,15)(H,16,17). The Balaban J connectivity index is 2.92. The second kappa shape index (κ2) is 5.65. The van der Waals surface area contributed by atoms with Crippen molar-refractivity contribution < 1.29 is 14.7 Å². The molecular formula is C11H13ClN2O3. The van der Waals surface area contributed by atoms with Crippen LogP contribution in [-0.2, 0) is 4.79 Å². The molecule has 0 saturated carbocycles. The molecule has 0 bridgehead atoms. The lowest BCUT2D eigenvalue weighted by Gasteiger charge is -2.10. The molecule has 0 aliphatic heterocycles. The van der Waals surface area contributed by atoms with Crippen molar-refractivity contribution in [3.63, 3.8) is 0 Å². The number of hydrogen-bond acceptors (Lipinski definition) is 3. The van der Waals surface area contributed by atoms with Crippen molar-refractivity contribution in [2.45, 2.75) is 19.4 Å². The van der Waals surface area contributed by atoms with Crippen molar-refractivity contribution in [2.75, 3.05) is 5.32 Å². The fourth-order valence-corrected chi connectivity index (χ4v) is 1.47. The van der Waals surface area contributed by atoms with Crippen LogP contribution >= 0.6 is 11.6 Å². The molecule has 0 aliphatic rings. The maximum absolute atomic E-state index is 11.5. The van der Waals surface area contributed by atoms with E-state index in [1.807, 2.05) is 0 Å². The van der Waals surface area contributed by atoms with Gasteiger partial charge < -0.3 is 16.2 Å². The van der Waals surface area contributed by atoms with Gasteiger partial charge in [-0.15, -0.1) is 0 Å². The Morgan fingerprint density at radius 3 is 2.71 bits per heavy atom. The third-order valence-corrected chi connectivity index (χ3v) is 2.23. The van der Waals surface area contributed by atoms with Crippen LogP contribution in [-0.4, -0.2) is 23.0 Å². The summed E-state index contributed by atoms with van der Waals surface area (Å²) in [6, 6.07) is 3.89. The zero-order valence-electron chi connectivity index (χ0n) is 9.24. The van der Waals surface area contributed by atoms with Crippen molar-refractivity contribution >= 4 is 29.2 Å². The number of nitrogens with one attached hydrogen (secondary N) is 1. The summed E-state index contributed by atoms with van der Waals surface area (Å²) in [7, 11) is 0. The van der Waals surface area contributed by atoms with Crippen molar-refractivity contribution in [1.82, 2.24) is 0 Å². The molecule has 1 atom stereocenters. The number of hydrogen-bond donors (Lipinski definition) is 3. The lowest BCUT2D eigenvalue weighted by Crippen LogP contribution is -2.24. The molecule has 0 fully saturated rings. The van der Waals surface area contributed by atoms with E-state index in [4.69, 9.17) is 22.4 Å². The molecule has 1 amide bonds. The molecule has 1 aromatic carbocycles. The van der Waals surface area contributed by atoms with Gasteiger partial charge in [0.05, 0.1) is 11.3 Å². The first-order chi connectivity index (χ1) is 7.90. The largest absolute Gasteiger partial charge is 0.478 e. The highest BCUT2D eigenvalue weighted by Crippen LogP contribution is 2.21. The van der Waals surface area contributed by atoms with E-state index in [-0.39, 0.29) is 29.6 Å². The van der Waals surface area contributed by atoms with Crippen LogP contribution in [0.25, 0.3) is 0 Å². The average molecular weight is 257 g/mol. The quantitative estimate of drug-likeness (QED) is 0.765. The molecule has 1 unspecified atom stereocenters. The Kier molecular flexibility index (Phi) is 4.48. The third-order valence-electron chi connectivity index (χ3n) is 1.99. The summed E-state index contributed by atoms with van der Waals surface area (Å²) in [6.45, 7) is 1.69. The van der Waals surface area contributed by atoms with Gasteiger partial charge >= 0.3 is 5.97 Å². The van der Waals surface area contributed by atoms with Crippen molar-refractivity contribution in [3.8, 4) is 0 Å². The minimum Gasteiger partial charge on any atom is -0.478 e. The maximum Gasteiger partial charge on any atom is 0.337 e. The van der Waals surface area contributed by atoms with Crippen LogP contribution in [0.1, 0.15) is 23.7 Å². The molecule has 0 aliphatic carbocycles. The molecule has 1 aromatic rings. The van der Waals surface area contributed by atoms with E-state index in [1.54, 1.807) is 6.92 Å². The predicted molar refractivity (Wildman–Crippen MR) is 65.3 cm³/mol.